The first-order valence-electron chi connectivity index (χ1n) is 6.01. The molecular formula is C14H15BrClN3. The van der Waals surface area contributed by atoms with Crippen LogP contribution in [-0.4, -0.2) is 23.6 Å². The van der Waals surface area contributed by atoms with E-state index in [0.29, 0.717) is 5.88 Å². The van der Waals surface area contributed by atoms with Gasteiger partial charge in [0.05, 0.1) is 5.88 Å². The highest BCUT2D eigenvalue weighted by Crippen LogP contribution is 2.22. The number of halogens is 2. The lowest BCUT2D eigenvalue weighted by Crippen LogP contribution is -2.22. The van der Waals surface area contributed by atoms with Gasteiger partial charge >= 0.3 is 0 Å². The summed E-state index contributed by atoms with van der Waals surface area (Å²) in [4.78, 5) is 10.6. The van der Waals surface area contributed by atoms with E-state index in [9.17, 15) is 0 Å². The second-order valence-corrected chi connectivity index (χ2v) is 5.48. The molecule has 5 heteroatoms. The first kappa shape index (κ1) is 14.3. The van der Waals surface area contributed by atoms with Crippen LogP contribution in [0.15, 0.2) is 41.3 Å². The van der Waals surface area contributed by atoms with Gasteiger partial charge < -0.3 is 4.90 Å². The van der Waals surface area contributed by atoms with Crippen molar-refractivity contribution >= 4 is 33.3 Å². The number of rotatable bonds is 5. The summed E-state index contributed by atoms with van der Waals surface area (Å²) in [5.74, 6) is 1.40. The molecule has 2 rings (SSSR count). The highest BCUT2D eigenvalue weighted by molar-refractivity contribution is 9.10. The topological polar surface area (TPSA) is 29.0 Å². The highest BCUT2D eigenvalue weighted by Gasteiger charge is 2.09. The van der Waals surface area contributed by atoms with Crippen molar-refractivity contribution in [2.45, 2.75) is 12.3 Å². The van der Waals surface area contributed by atoms with Crippen LogP contribution in [0, 0.1) is 0 Å². The molecule has 2 heterocycles. The van der Waals surface area contributed by atoms with Crippen molar-refractivity contribution in [1.82, 2.24) is 9.97 Å². The summed E-state index contributed by atoms with van der Waals surface area (Å²) in [6, 6.07) is 6.08. The standard InChI is InChI=1S/C14H15BrClN3/c1-19(7-4-11-2-5-17-6-3-11)14-12(9-16)8-13(15)10-18-14/h2-3,5-6,8,10H,4,7,9H2,1H3. The molecule has 0 saturated heterocycles. The van der Waals surface area contributed by atoms with Gasteiger partial charge in [0.2, 0.25) is 0 Å². The summed E-state index contributed by atoms with van der Waals surface area (Å²) >= 11 is 9.38. The maximum Gasteiger partial charge on any atom is 0.132 e. The van der Waals surface area contributed by atoms with Crippen LogP contribution in [0.4, 0.5) is 5.82 Å². The SMILES string of the molecule is CN(CCc1ccncc1)c1ncc(Br)cc1CCl. The lowest BCUT2D eigenvalue weighted by Gasteiger charge is -2.20. The van der Waals surface area contributed by atoms with Gasteiger partial charge in [0, 0.05) is 42.2 Å². The van der Waals surface area contributed by atoms with Gasteiger partial charge in [-0.3, -0.25) is 4.98 Å². The smallest absolute Gasteiger partial charge is 0.132 e. The number of alkyl halides is 1. The number of likely N-dealkylation sites (N-methyl/N-ethyl adjacent to an activating group) is 1. The van der Waals surface area contributed by atoms with Crippen molar-refractivity contribution in [3.8, 4) is 0 Å². The van der Waals surface area contributed by atoms with Crippen LogP contribution in [0.2, 0.25) is 0 Å². The molecule has 0 fully saturated rings. The molecule has 0 bridgehead atoms. The third-order valence-corrected chi connectivity index (χ3v) is 3.62. The number of hydrogen-bond donors (Lipinski definition) is 0. The third kappa shape index (κ3) is 3.91. The zero-order chi connectivity index (χ0) is 13.7. The van der Waals surface area contributed by atoms with Crippen molar-refractivity contribution < 1.29 is 0 Å². The monoisotopic (exact) mass is 339 g/mol. The molecule has 19 heavy (non-hydrogen) atoms. The normalized spacial score (nSPS) is 10.5. The summed E-state index contributed by atoms with van der Waals surface area (Å²) in [5, 5.41) is 0. The summed E-state index contributed by atoms with van der Waals surface area (Å²) < 4.78 is 0.953. The minimum absolute atomic E-state index is 0.460. The van der Waals surface area contributed by atoms with Crippen molar-refractivity contribution in [1.29, 1.82) is 0 Å². The molecule has 0 atom stereocenters. The number of pyridine rings is 2. The molecule has 2 aromatic rings. The molecule has 100 valence electrons. The zero-order valence-electron chi connectivity index (χ0n) is 10.7. The second-order valence-electron chi connectivity index (χ2n) is 4.30. The maximum atomic E-state index is 5.97. The quantitative estimate of drug-likeness (QED) is 0.778. The number of anilines is 1. The molecule has 0 N–H and O–H groups in total. The lowest BCUT2D eigenvalue weighted by molar-refractivity contribution is 0.852. The molecule has 0 unspecified atom stereocenters. The fraction of sp³-hybridized carbons (Fsp3) is 0.286. The van der Waals surface area contributed by atoms with E-state index in [4.69, 9.17) is 11.6 Å². The molecule has 3 nitrogen and oxygen atoms in total. The van der Waals surface area contributed by atoms with E-state index in [-0.39, 0.29) is 0 Å². The summed E-state index contributed by atoms with van der Waals surface area (Å²) in [6.45, 7) is 0.891. The van der Waals surface area contributed by atoms with Gasteiger partial charge in [0.25, 0.3) is 0 Å². The van der Waals surface area contributed by atoms with E-state index in [1.807, 2.05) is 37.6 Å². The number of nitrogens with zero attached hydrogens (tertiary/aromatic N) is 3. The van der Waals surface area contributed by atoms with E-state index in [1.54, 1.807) is 6.20 Å². The molecular weight excluding hydrogens is 326 g/mol. The molecule has 2 aromatic heterocycles. The molecule has 0 amide bonds. The summed E-state index contributed by atoms with van der Waals surface area (Å²) in [5.41, 5.74) is 2.31. The van der Waals surface area contributed by atoms with Gasteiger partial charge in [-0.2, -0.15) is 0 Å². The highest BCUT2D eigenvalue weighted by atomic mass is 79.9. The Bertz CT molecular complexity index is 533. The average Bonchev–Trinajstić information content (AvgIpc) is 2.45. The predicted molar refractivity (Wildman–Crippen MR) is 82.7 cm³/mol. The van der Waals surface area contributed by atoms with Crippen LogP contribution < -0.4 is 4.90 Å². The average molecular weight is 341 g/mol. The van der Waals surface area contributed by atoms with Crippen LogP contribution in [0.3, 0.4) is 0 Å². The summed E-state index contributed by atoms with van der Waals surface area (Å²) in [7, 11) is 2.04. The van der Waals surface area contributed by atoms with Crippen molar-refractivity contribution in [2.75, 3.05) is 18.5 Å². The van der Waals surface area contributed by atoms with E-state index in [2.05, 4.69) is 30.8 Å². The molecule has 0 aliphatic heterocycles. The second kappa shape index (κ2) is 6.87. The van der Waals surface area contributed by atoms with Crippen LogP contribution in [0.25, 0.3) is 0 Å². The van der Waals surface area contributed by atoms with E-state index >= 15 is 0 Å². The number of aromatic nitrogens is 2. The molecule has 0 aromatic carbocycles. The fourth-order valence-corrected chi connectivity index (χ4v) is 2.44. The van der Waals surface area contributed by atoms with Gasteiger partial charge in [-0.05, 0) is 46.1 Å². The zero-order valence-corrected chi connectivity index (χ0v) is 13.0. The van der Waals surface area contributed by atoms with Crippen LogP contribution in [0.1, 0.15) is 11.1 Å². The Morgan fingerprint density at radius 1 is 1.32 bits per heavy atom. The van der Waals surface area contributed by atoms with Crippen LogP contribution in [0.5, 0.6) is 0 Å². The Kier molecular flexibility index (Phi) is 5.16. The van der Waals surface area contributed by atoms with E-state index < -0.39 is 0 Å². The molecule has 0 aliphatic rings. The van der Waals surface area contributed by atoms with Gasteiger partial charge in [0.15, 0.2) is 0 Å². The van der Waals surface area contributed by atoms with Crippen LogP contribution >= 0.6 is 27.5 Å². The molecule has 0 radical (unpaired) electrons. The largest absolute Gasteiger partial charge is 0.359 e. The first-order chi connectivity index (χ1) is 9.20. The van der Waals surface area contributed by atoms with Crippen LogP contribution in [-0.2, 0) is 12.3 Å². The van der Waals surface area contributed by atoms with Crippen molar-refractivity contribution in [3.63, 3.8) is 0 Å². The predicted octanol–water partition coefficient (Wildman–Crippen LogP) is 3.66. The van der Waals surface area contributed by atoms with Gasteiger partial charge in [0.1, 0.15) is 5.82 Å². The van der Waals surface area contributed by atoms with Gasteiger partial charge in [-0.15, -0.1) is 11.6 Å². The number of hydrogen-bond acceptors (Lipinski definition) is 3. The Morgan fingerprint density at radius 2 is 2.05 bits per heavy atom. The minimum Gasteiger partial charge on any atom is -0.359 e. The Morgan fingerprint density at radius 3 is 2.74 bits per heavy atom. The van der Waals surface area contributed by atoms with Crippen molar-refractivity contribution in [3.05, 3.63) is 52.4 Å². The maximum absolute atomic E-state index is 5.97. The Labute approximate surface area is 126 Å². The van der Waals surface area contributed by atoms with E-state index in [0.717, 1.165) is 28.8 Å². The fourth-order valence-electron chi connectivity index (χ4n) is 1.87. The molecule has 0 aliphatic carbocycles. The lowest BCUT2D eigenvalue weighted by atomic mass is 10.2. The van der Waals surface area contributed by atoms with Gasteiger partial charge in [-0.1, -0.05) is 0 Å². The molecule has 0 saturated carbocycles. The van der Waals surface area contributed by atoms with Crippen molar-refractivity contribution in [2.24, 2.45) is 0 Å². The molecule has 0 spiro atoms. The first-order valence-corrected chi connectivity index (χ1v) is 7.34. The minimum atomic E-state index is 0.460. The Balaban J connectivity index is 2.05. The van der Waals surface area contributed by atoms with Gasteiger partial charge in [-0.25, -0.2) is 4.98 Å². The van der Waals surface area contributed by atoms with E-state index in [1.165, 1.54) is 5.56 Å². The Hall–Kier alpha value is -1.13. The summed E-state index contributed by atoms with van der Waals surface area (Å²) in [6.07, 6.45) is 6.39. The third-order valence-electron chi connectivity index (χ3n) is 2.90.